The lowest BCUT2D eigenvalue weighted by molar-refractivity contribution is -0.144. The van der Waals surface area contributed by atoms with Gasteiger partial charge in [0, 0.05) is 6.42 Å². The van der Waals surface area contributed by atoms with Gasteiger partial charge in [-0.15, -0.1) is 0 Å². The lowest BCUT2D eigenvalue weighted by atomic mass is 10.1. The maximum atomic E-state index is 11.9. The van der Waals surface area contributed by atoms with Crippen molar-refractivity contribution in [1.82, 2.24) is 10.1 Å². The van der Waals surface area contributed by atoms with Crippen LogP contribution in [0.3, 0.4) is 0 Å². The van der Waals surface area contributed by atoms with Crippen LogP contribution in [0.1, 0.15) is 50.9 Å². The van der Waals surface area contributed by atoms with Crippen LogP contribution in [0.15, 0.2) is 28.8 Å². The van der Waals surface area contributed by atoms with Gasteiger partial charge in [0.2, 0.25) is 11.7 Å². The number of ether oxygens (including phenoxy) is 2. The molecule has 2 rings (SSSR count). The maximum Gasteiger partial charge on any atom is 0.310 e. The Hall–Kier alpha value is -2.37. The Bertz CT molecular complexity index is 652. The van der Waals surface area contributed by atoms with E-state index in [1.165, 1.54) is 0 Å². The zero-order chi connectivity index (χ0) is 17.4. The second-order valence-electron chi connectivity index (χ2n) is 5.86. The average molecular weight is 332 g/mol. The van der Waals surface area contributed by atoms with Crippen LogP contribution in [0.5, 0.6) is 5.75 Å². The Morgan fingerprint density at radius 3 is 2.92 bits per heavy atom. The van der Waals surface area contributed by atoms with Crippen molar-refractivity contribution in [2.45, 2.75) is 59.2 Å². The molecule has 0 atom stereocenters. The first-order chi connectivity index (χ1) is 11.6. The van der Waals surface area contributed by atoms with Crippen molar-refractivity contribution in [1.29, 1.82) is 0 Å². The minimum absolute atomic E-state index is 0.0244. The molecule has 0 aliphatic heterocycles. The number of hydrogen-bond acceptors (Lipinski definition) is 6. The number of rotatable bonds is 9. The molecule has 0 aliphatic carbocycles. The number of aromatic nitrogens is 2. The van der Waals surface area contributed by atoms with Gasteiger partial charge < -0.3 is 14.0 Å². The number of carbonyl (C=O) groups excluding carboxylic acids is 1. The van der Waals surface area contributed by atoms with Crippen molar-refractivity contribution in [3.05, 3.63) is 41.5 Å². The highest BCUT2D eigenvalue weighted by atomic mass is 16.5. The molecule has 130 valence electrons. The van der Waals surface area contributed by atoms with E-state index < -0.39 is 0 Å². The van der Waals surface area contributed by atoms with E-state index in [0.29, 0.717) is 11.7 Å². The third kappa shape index (κ3) is 6.02. The summed E-state index contributed by atoms with van der Waals surface area (Å²) in [6.45, 7) is 6.04. The van der Waals surface area contributed by atoms with Gasteiger partial charge in [-0.3, -0.25) is 4.79 Å². The number of aryl methyl sites for hydroxylation is 1. The lowest BCUT2D eigenvalue weighted by Crippen LogP contribution is -2.09. The van der Waals surface area contributed by atoms with Gasteiger partial charge in [-0.05, 0) is 38.0 Å². The van der Waals surface area contributed by atoms with Crippen LogP contribution < -0.4 is 4.74 Å². The van der Waals surface area contributed by atoms with Gasteiger partial charge >= 0.3 is 5.97 Å². The summed E-state index contributed by atoms with van der Waals surface area (Å²) < 4.78 is 15.9. The number of benzene rings is 1. The summed E-state index contributed by atoms with van der Waals surface area (Å²) in [6.07, 6.45) is 3.07. The first kappa shape index (κ1) is 18.0. The first-order valence-electron chi connectivity index (χ1n) is 8.29. The summed E-state index contributed by atoms with van der Waals surface area (Å²) in [4.78, 5) is 16.1. The molecule has 0 saturated carbocycles. The van der Waals surface area contributed by atoms with Crippen LogP contribution in [0.4, 0.5) is 0 Å². The van der Waals surface area contributed by atoms with Crippen LogP contribution in [0, 0.1) is 0 Å². The summed E-state index contributed by atoms with van der Waals surface area (Å²) in [7, 11) is 0. The van der Waals surface area contributed by atoms with Gasteiger partial charge in [0.25, 0.3) is 0 Å². The summed E-state index contributed by atoms with van der Waals surface area (Å²) in [5.74, 6) is 1.39. The first-order valence-corrected chi connectivity index (χ1v) is 8.29. The molecule has 24 heavy (non-hydrogen) atoms. The molecule has 0 unspecified atom stereocenters. The summed E-state index contributed by atoms with van der Waals surface area (Å²) >= 11 is 0. The third-order valence-electron chi connectivity index (χ3n) is 3.24. The monoisotopic (exact) mass is 332 g/mol. The predicted octanol–water partition coefficient (Wildman–Crippen LogP) is 3.49. The number of unbranched alkanes of at least 4 members (excludes halogenated alkanes) is 1. The van der Waals surface area contributed by atoms with E-state index in [9.17, 15) is 4.79 Å². The minimum atomic E-state index is -0.336. The summed E-state index contributed by atoms with van der Waals surface area (Å²) in [5.41, 5.74) is 0.842. The molecule has 0 bridgehead atoms. The highest BCUT2D eigenvalue weighted by molar-refractivity contribution is 5.72. The molecule has 0 amide bonds. The zero-order valence-corrected chi connectivity index (χ0v) is 14.4. The highest BCUT2D eigenvalue weighted by Gasteiger charge is 2.10. The quantitative estimate of drug-likeness (QED) is 0.654. The number of carbonyl (C=O) groups is 1. The fourth-order valence-corrected chi connectivity index (χ4v) is 2.14. The molecule has 6 nitrogen and oxygen atoms in total. The van der Waals surface area contributed by atoms with Crippen molar-refractivity contribution in [2.24, 2.45) is 0 Å². The predicted molar refractivity (Wildman–Crippen MR) is 88.6 cm³/mol. The van der Waals surface area contributed by atoms with Crippen molar-refractivity contribution in [3.63, 3.8) is 0 Å². The summed E-state index contributed by atoms with van der Waals surface area (Å²) in [6, 6.07) is 7.44. The van der Waals surface area contributed by atoms with Crippen LogP contribution in [0.2, 0.25) is 0 Å². The molecule has 1 aromatic carbocycles. The van der Waals surface area contributed by atoms with E-state index in [1.54, 1.807) is 0 Å². The van der Waals surface area contributed by atoms with Gasteiger partial charge in [-0.25, -0.2) is 0 Å². The van der Waals surface area contributed by atoms with Gasteiger partial charge in [0.1, 0.15) is 5.75 Å². The van der Waals surface area contributed by atoms with E-state index in [2.05, 4.69) is 17.1 Å². The summed E-state index contributed by atoms with van der Waals surface area (Å²) in [5, 5.41) is 3.81. The minimum Gasteiger partial charge on any atom is -0.491 e. The van der Waals surface area contributed by atoms with Crippen molar-refractivity contribution in [2.75, 3.05) is 0 Å². The Morgan fingerprint density at radius 1 is 1.33 bits per heavy atom. The lowest BCUT2D eigenvalue weighted by Gasteiger charge is -2.10. The molecule has 6 heteroatoms. The molecule has 0 spiro atoms. The smallest absolute Gasteiger partial charge is 0.310 e. The third-order valence-corrected chi connectivity index (χ3v) is 3.24. The van der Waals surface area contributed by atoms with Crippen LogP contribution in [-0.2, 0) is 29.0 Å². The molecule has 0 saturated heterocycles. The fourth-order valence-electron chi connectivity index (χ4n) is 2.14. The van der Waals surface area contributed by atoms with Gasteiger partial charge in [-0.2, -0.15) is 4.98 Å². The Labute approximate surface area is 142 Å². The van der Waals surface area contributed by atoms with Crippen molar-refractivity contribution in [3.8, 4) is 5.75 Å². The number of hydrogen-bond donors (Lipinski definition) is 0. The largest absolute Gasteiger partial charge is 0.491 e. The van der Waals surface area contributed by atoms with Crippen LogP contribution in [0.25, 0.3) is 0 Å². The van der Waals surface area contributed by atoms with Crippen molar-refractivity contribution < 1.29 is 18.8 Å². The Morgan fingerprint density at radius 2 is 2.17 bits per heavy atom. The topological polar surface area (TPSA) is 74.5 Å². The molecular weight excluding hydrogens is 308 g/mol. The van der Waals surface area contributed by atoms with Crippen molar-refractivity contribution >= 4 is 5.97 Å². The second kappa shape index (κ2) is 9.05. The molecule has 1 aromatic heterocycles. The van der Waals surface area contributed by atoms with Gasteiger partial charge in [0.05, 0.1) is 12.5 Å². The molecule has 1 heterocycles. The Kier molecular flexibility index (Phi) is 6.78. The number of nitrogens with zero attached hydrogens (tertiary/aromatic N) is 2. The van der Waals surface area contributed by atoms with E-state index >= 15 is 0 Å². The molecule has 0 aliphatic rings. The SMILES string of the molecule is CCCCc1nc(COC(=O)Cc2cccc(OC(C)C)c2)no1. The molecule has 0 N–H and O–H groups in total. The number of esters is 1. The van der Waals surface area contributed by atoms with E-state index in [0.717, 1.165) is 30.6 Å². The van der Waals surface area contributed by atoms with E-state index in [4.69, 9.17) is 14.0 Å². The Balaban J connectivity index is 1.81. The van der Waals surface area contributed by atoms with Crippen LogP contribution >= 0.6 is 0 Å². The van der Waals surface area contributed by atoms with Gasteiger partial charge in [0.15, 0.2) is 6.61 Å². The maximum absolute atomic E-state index is 11.9. The fraction of sp³-hybridized carbons (Fsp3) is 0.500. The van der Waals surface area contributed by atoms with Gasteiger partial charge in [-0.1, -0.05) is 30.6 Å². The second-order valence-corrected chi connectivity index (χ2v) is 5.86. The van der Waals surface area contributed by atoms with E-state index in [1.807, 2.05) is 38.1 Å². The highest BCUT2D eigenvalue weighted by Crippen LogP contribution is 2.15. The normalized spacial score (nSPS) is 10.8. The average Bonchev–Trinajstić information content (AvgIpc) is 2.98. The van der Waals surface area contributed by atoms with E-state index in [-0.39, 0.29) is 25.1 Å². The van der Waals surface area contributed by atoms with Crippen LogP contribution in [-0.4, -0.2) is 22.2 Å². The standard InChI is InChI=1S/C18H24N2O4/c1-4-5-9-17-19-16(20-24-17)12-22-18(21)11-14-7-6-8-15(10-14)23-13(2)3/h6-8,10,13H,4-5,9,11-12H2,1-3H3. The zero-order valence-electron chi connectivity index (χ0n) is 14.4. The molecular formula is C18H24N2O4. The molecule has 2 aromatic rings. The molecule has 0 radical (unpaired) electrons. The molecule has 0 fully saturated rings.